The number of amides is 1. The van der Waals surface area contributed by atoms with E-state index in [4.69, 9.17) is 11.6 Å². The molecule has 1 saturated heterocycles. The molecule has 0 spiro atoms. The van der Waals surface area contributed by atoms with Crippen LogP contribution in [-0.2, 0) is 0 Å². The molecule has 1 unspecified atom stereocenters. The number of likely N-dealkylation sites (N-methyl/N-ethyl adjacent to an activating group) is 1. The summed E-state index contributed by atoms with van der Waals surface area (Å²) < 4.78 is 0. The normalized spacial score (nSPS) is 17.0. The van der Waals surface area contributed by atoms with Crippen LogP contribution in [0.15, 0.2) is 48.5 Å². The van der Waals surface area contributed by atoms with Crippen LogP contribution in [0.3, 0.4) is 0 Å². The van der Waals surface area contributed by atoms with Crippen molar-refractivity contribution in [2.75, 3.05) is 39.8 Å². The quantitative estimate of drug-likeness (QED) is 0.875. The van der Waals surface area contributed by atoms with Crippen molar-refractivity contribution in [1.29, 1.82) is 0 Å². The number of hydrogen-bond acceptors (Lipinski definition) is 3. The third kappa shape index (κ3) is 4.64. The predicted octanol–water partition coefficient (Wildman–Crippen LogP) is 3.37. The van der Waals surface area contributed by atoms with Crippen molar-refractivity contribution in [2.45, 2.75) is 13.0 Å². The number of carbonyl (C=O) groups excluding carboxylic acids is 1. The van der Waals surface area contributed by atoms with Gasteiger partial charge in [-0.3, -0.25) is 9.69 Å². The molecule has 1 fully saturated rings. The van der Waals surface area contributed by atoms with E-state index >= 15 is 0 Å². The maximum absolute atomic E-state index is 12.5. The van der Waals surface area contributed by atoms with Crippen molar-refractivity contribution in [2.24, 2.45) is 0 Å². The molecule has 2 aromatic rings. The van der Waals surface area contributed by atoms with Crippen LogP contribution in [0, 0.1) is 6.92 Å². The highest BCUT2D eigenvalue weighted by Gasteiger charge is 2.26. The molecule has 1 heterocycles. The van der Waals surface area contributed by atoms with E-state index in [0.717, 1.165) is 42.3 Å². The van der Waals surface area contributed by atoms with Gasteiger partial charge in [0.05, 0.1) is 6.04 Å². The molecule has 0 bridgehead atoms. The summed E-state index contributed by atoms with van der Waals surface area (Å²) in [6, 6.07) is 15.7. The molecule has 1 aliphatic heterocycles. The van der Waals surface area contributed by atoms with Crippen molar-refractivity contribution in [3.8, 4) is 0 Å². The average Bonchev–Trinajstić information content (AvgIpc) is 2.65. The van der Waals surface area contributed by atoms with Gasteiger partial charge in [-0.25, -0.2) is 0 Å². The Morgan fingerprint density at radius 1 is 1.08 bits per heavy atom. The van der Waals surface area contributed by atoms with Crippen LogP contribution in [0.25, 0.3) is 0 Å². The van der Waals surface area contributed by atoms with Gasteiger partial charge in [0.2, 0.25) is 0 Å². The van der Waals surface area contributed by atoms with Crippen LogP contribution in [0.4, 0.5) is 0 Å². The number of halogens is 1. The minimum atomic E-state index is -0.0452. The Morgan fingerprint density at radius 3 is 2.38 bits per heavy atom. The van der Waals surface area contributed by atoms with Crippen LogP contribution < -0.4 is 5.32 Å². The summed E-state index contributed by atoms with van der Waals surface area (Å²) in [5.41, 5.74) is 2.91. The van der Waals surface area contributed by atoms with Gasteiger partial charge >= 0.3 is 0 Å². The summed E-state index contributed by atoms with van der Waals surface area (Å²) in [5.74, 6) is -0.0452. The van der Waals surface area contributed by atoms with Crippen LogP contribution in [0.1, 0.15) is 27.5 Å². The predicted molar refractivity (Wildman–Crippen MR) is 107 cm³/mol. The Morgan fingerprint density at radius 2 is 1.73 bits per heavy atom. The Balaban J connectivity index is 1.74. The molecule has 0 radical (unpaired) electrons. The van der Waals surface area contributed by atoms with Gasteiger partial charge < -0.3 is 10.2 Å². The van der Waals surface area contributed by atoms with E-state index in [0.29, 0.717) is 12.1 Å². The van der Waals surface area contributed by atoms with Gasteiger partial charge in [0.25, 0.3) is 5.91 Å². The summed E-state index contributed by atoms with van der Waals surface area (Å²) in [5, 5.41) is 3.85. The van der Waals surface area contributed by atoms with E-state index in [1.165, 1.54) is 0 Å². The molecule has 1 amide bonds. The van der Waals surface area contributed by atoms with Gasteiger partial charge in [-0.15, -0.1) is 0 Å². The average molecular weight is 372 g/mol. The summed E-state index contributed by atoms with van der Waals surface area (Å²) in [4.78, 5) is 17.3. The molecular formula is C21H26ClN3O. The Labute approximate surface area is 160 Å². The van der Waals surface area contributed by atoms with Gasteiger partial charge in [-0.1, -0.05) is 47.5 Å². The first-order valence-corrected chi connectivity index (χ1v) is 9.44. The smallest absolute Gasteiger partial charge is 0.251 e. The van der Waals surface area contributed by atoms with Gasteiger partial charge in [0, 0.05) is 43.3 Å². The number of hydrogen-bond donors (Lipinski definition) is 1. The maximum Gasteiger partial charge on any atom is 0.251 e. The molecule has 26 heavy (non-hydrogen) atoms. The minimum absolute atomic E-state index is 0.0452. The van der Waals surface area contributed by atoms with E-state index in [9.17, 15) is 4.79 Å². The summed E-state index contributed by atoms with van der Waals surface area (Å²) in [7, 11) is 2.14. The number of nitrogens with zero attached hydrogens (tertiary/aromatic N) is 2. The fourth-order valence-electron chi connectivity index (χ4n) is 3.31. The van der Waals surface area contributed by atoms with Crippen LogP contribution in [0.2, 0.25) is 5.02 Å². The van der Waals surface area contributed by atoms with Gasteiger partial charge in [-0.2, -0.15) is 0 Å². The maximum atomic E-state index is 12.5. The lowest BCUT2D eigenvalue weighted by atomic mass is 10.0. The molecule has 1 atom stereocenters. The lowest BCUT2D eigenvalue weighted by Crippen LogP contribution is -2.48. The largest absolute Gasteiger partial charge is 0.350 e. The van der Waals surface area contributed by atoms with Crippen LogP contribution in [-0.4, -0.2) is 55.5 Å². The van der Waals surface area contributed by atoms with Crippen molar-refractivity contribution in [1.82, 2.24) is 15.1 Å². The molecule has 0 aliphatic carbocycles. The summed E-state index contributed by atoms with van der Waals surface area (Å²) in [6.45, 7) is 6.53. The molecule has 3 rings (SSSR count). The zero-order valence-corrected chi connectivity index (χ0v) is 16.2. The second-order valence-electron chi connectivity index (χ2n) is 6.95. The zero-order chi connectivity index (χ0) is 18.5. The number of aryl methyl sites for hydroxylation is 1. The molecule has 0 aromatic heterocycles. The Kier molecular flexibility index (Phi) is 6.30. The minimum Gasteiger partial charge on any atom is -0.350 e. The second-order valence-corrected chi connectivity index (χ2v) is 7.36. The first-order valence-electron chi connectivity index (χ1n) is 9.06. The molecular weight excluding hydrogens is 346 g/mol. The molecule has 4 nitrogen and oxygen atoms in total. The molecule has 1 aliphatic rings. The third-order valence-electron chi connectivity index (χ3n) is 5.01. The van der Waals surface area contributed by atoms with E-state index in [-0.39, 0.29) is 11.9 Å². The van der Waals surface area contributed by atoms with Crippen LogP contribution in [0.5, 0.6) is 0 Å². The second kappa shape index (κ2) is 8.67. The third-order valence-corrected chi connectivity index (χ3v) is 5.36. The van der Waals surface area contributed by atoms with Crippen molar-refractivity contribution >= 4 is 17.5 Å². The van der Waals surface area contributed by atoms with Crippen LogP contribution >= 0.6 is 11.6 Å². The van der Waals surface area contributed by atoms with E-state index in [2.05, 4.69) is 28.2 Å². The van der Waals surface area contributed by atoms with E-state index in [1.54, 1.807) is 0 Å². The Hall–Kier alpha value is -1.88. The fourth-order valence-corrected chi connectivity index (χ4v) is 3.57. The van der Waals surface area contributed by atoms with Crippen molar-refractivity contribution in [3.05, 3.63) is 70.2 Å². The number of benzene rings is 2. The zero-order valence-electron chi connectivity index (χ0n) is 15.4. The summed E-state index contributed by atoms with van der Waals surface area (Å²) >= 11 is 6.47. The molecule has 2 aromatic carbocycles. The SMILES string of the molecule is Cc1ccc(C(=O)NCC(c2ccccc2Cl)N2CCN(C)CC2)cc1. The van der Waals surface area contributed by atoms with Gasteiger partial charge in [0.15, 0.2) is 0 Å². The van der Waals surface area contributed by atoms with E-state index < -0.39 is 0 Å². The Bertz CT molecular complexity index is 739. The first-order chi connectivity index (χ1) is 12.5. The number of nitrogens with one attached hydrogen (secondary N) is 1. The lowest BCUT2D eigenvalue weighted by Gasteiger charge is -2.38. The standard InChI is InChI=1S/C21H26ClN3O/c1-16-7-9-17(10-8-16)21(26)23-15-20(18-5-3-4-6-19(18)22)25-13-11-24(2)12-14-25/h3-10,20H,11-15H2,1-2H3,(H,23,26). The van der Waals surface area contributed by atoms with Crippen molar-refractivity contribution in [3.63, 3.8) is 0 Å². The number of rotatable bonds is 5. The summed E-state index contributed by atoms with van der Waals surface area (Å²) in [6.07, 6.45) is 0. The molecule has 0 saturated carbocycles. The molecule has 5 heteroatoms. The highest BCUT2D eigenvalue weighted by molar-refractivity contribution is 6.31. The van der Waals surface area contributed by atoms with E-state index in [1.807, 2.05) is 49.4 Å². The molecule has 138 valence electrons. The number of piperazine rings is 1. The van der Waals surface area contributed by atoms with Gasteiger partial charge in [-0.05, 0) is 37.7 Å². The first kappa shape index (κ1) is 18.9. The lowest BCUT2D eigenvalue weighted by molar-refractivity contribution is 0.0886. The van der Waals surface area contributed by atoms with Crippen molar-refractivity contribution < 1.29 is 4.79 Å². The monoisotopic (exact) mass is 371 g/mol. The number of carbonyl (C=O) groups is 1. The topological polar surface area (TPSA) is 35.6 Å². The van der Waals surface area contributed by atoms with Gasteiger partial charge in [0.1, 0.15) is 0 Å². The highest BCUT2D eigenvalue weighted by Crippen LogP contribution is 2.28. The molecule has 1 N–H and O–H groups in total. The fraction of sp³-hybridized carbons (Fsp3) is 0.381. The highest BCUT2D eigenvalue weighted by atomic mass is 35.5.